The van der Waals surface area contributed by atoms with Crippen LogP contribution in [-0.4, -0.2) is 79.8 Å². The summed E-state index contributed by atoms with van der Waals surface area (Å²) in [4.78, 5) is 31.7. The minimum Gasteiger partial charge on any atom is -0.495 e. The minimum absolute atomic E-state index is 0.0174. The van der Waals surface area contributed by atoms with Crippen LogP contribution in [0.3, 0.4) is 0 Å². The zero-order valence-electron chi connectivity index (χ0n) is 29.8. The van der Waals surface area contributed by atoms with E-state index in [1.165, 1.54) is 12.1 Å². The van der Waals surface area contributed by atoms with Gasteiger partial charge in [-0.05, 0) is 73.5 Å². The molecule has 1 N–H and O–H groups in total. The molecule has 4 aromatic carbocycles. The van der Waals surface area contributed by atoms with Crippen molar-refractivity contribution < 1.29 is 37.3 Å². The number of para-hydroxylation sites is 3. The van der Waals surface area contributed by atoms with Gasteiger partial charge in [-0.15, -0.1) is 0 Å². The van der Waals surface area contributed by atoms with Gasteiger partial charge in [0.1, 0.15) is 11.5 Å². The molecule has 0 spiro atoms. The highest BCUT2D eigenvalue weighted by Gasteiger charge is 2.30. The molecule has 1 aromatic heterocycles. The van der Waals surface area contributed by atoms with Crippen molar-refractivity contribution in [2.24, 2.45) is 0 Å². The number of ether oxygens (including phenoxy) is 2. The Kier molecular flexibility index (Phi) is 11.6. The van der Waals surface area contributed by atoms with Crippen LogP contribution in [0, 0.1) is 0 Å². The van der Waals surface area contributed by atoms with Crippen LogP contribution < -0.4 is 19.3 Å². The number of fused-ring (bicyclic) bond motifs is 1. The number of piperazine rings is 1. The second-order valence-corrected chi connectivity index (χ2v) is 13.1. The fraction of sp³-hybridized carbons (Fsp3) is 0.317. The molecule has 0 saturated carbocycles. The molecule has 6 rings (SSSR count). The lowest BCUT2D eigenvalue weighted by Gasteiger charge is -2.36. The molecule has 5 aromatic rings. The van der Waals surface area contributed by atoms with Crippen LogP contribution in [0.15, 0.2) is 97.2 Å². The van der Waals surface area contributed by atoms with Crippen molar-refractivity contribution >= 4 is 39.7 Å². The molecular weight excluding hydrogens is 685 g/mol. The van der Waals surface area contributed by atoms with E-state index in [0.29, 0.717) is 47.8 Å². The van der Waals surface area contributed by atoms with E-state index in [4.69, 9.17) is 14.6 Å². The molecular formula is C41H43F3N4O5. The number of benzene rings is 4. The number of carboxylic acid groups (broad SMARTS) is 1. The maximum absolute atomic E-state index is 14.1. The number of carbonyl (C=O) groups is 2. The van der Waals surface area contributed by atoms with Gasteiger partial charge in [0.15, 0.2) is 5.78 Å². The van der Waals surface area contributed by atoms with Gasteiger partial charge in [-0.2, -0.15) is 13.2 Å². The van der Waals surface area contributed by atoms with Gasteiger partial charge in [0.25, 0.3) is 0 Å². The van der Waals surface area contributed by atoms with Gasteiger partial charge in [0.2, 0.25) is 0 Å². The summed E-state index contributed by atoms with van der Waals surface area (Å²) < 4.78 is 53.7. The maximum atomic E-state index is 14.1. The van der Waals surface area contributed by atoms with E-state index in [9.17, 15) is 22.8 Å². The molecule has 1 saturated heterocycles. The smallest absolute Gasteiger partial charge is 0.416 e. The Labute approximate surface area is 306 Å². The predicted octanol–water partition coefficient (Wildman–Crippen LogP) is 8.12. The molecule has 0 bridgehead atoms. The number of aryl methyl sites for hydroxylation is 1. The highest BCUT2D eigenvalue weighted by molar-refractivity contribution is 6.16. The summed E-state index contributed by atoms with van der Waals surface area (Å²) >= 11 is 0. The number of halogens is 3. The first-order valence-electron chi connectivity index (χ1n) is 17.7. The number of nitrogens with zero attached hydrogens (tertiary/aromatic N) is 4. The molecule has 9 nitrogen and oxygen atoms in total. The van der Waals surface area contributed by atoms with E-state index in [0.717, 1.165) is 73.6 Å². The second kappa shape index (κ2) is 16.5. The maximum Gasteiger partial charge on any atom is 0.416 e. The molecule has 1 aliphatic heterocycles. The highest BCUT2D eigenvalue weighted by atomic mass is 19.4. The average Bonchev–Trinajstić information content (AvgIpc) is 3.54. The number of hydrogen-bond donors (Lipinski definition) is 1. The summed E-state index contributed by atoms with van der Waals surface area (Å²) in [7, 11) is 3.43. The zero-order chi connectivity index (χ0) is 37.5. The SMILES string of the molecule is COc1ccccc1N1CCN(CCCOc2cc(C(=O)c3cn(CCCC(=O)O)c4ccccc34)ccc2N(C)c2ccc(C(F)(F)F)cc2)CC1. The molecule has 0 aliphatic carbocycles. The Morgan fingerprint density at radius 2 is 1.57 bits per heavy atom. The molecule has 1 aliphatic rings. The number of alkyl halides is 3. The topological polar surface area (TPSA) is 87.5 Å². The molecule has 0 unspecified atom stereocenters. The van der Waals surface area contributed by atoms with Crippen LogP contribution in [0.2, 0.25) is 0 Å². The number of aromatic nitrogens is 1. The van der Waals surface area contributed by atoms with Crippen LogP contribution in [-0.2, 0) is 17.5 Å². The monoisotopic (exact) mass is 728 g/mol. The second-order valence-electron chi connectivity index (χ2n) is 13.1. The lowest BCUT2D eigenvalue weighted by Crippen LogP contribution is -2.46. The van der Waals surface area contributed by atoms with Gasteiger partial charge in [-0.25, -0.2) is 0 Å². The van der Waals surface area contributed by atoms with Crippen molar-refractivity contribution in [3.63, 3.8) is 0 Å². The van der Waals surface area contributed by atoms with E-state index >= 15 is 0 Å². The summed E-state index contributed by atoms with van der Waals surface area (Å²) in [6.07, 6.45) is -1.52. The number of hydrogen-bond acceptors (Lipinski definition) is 7. The van der Waals surface area contributed by atoms with E-state index in [1.807, 2.05) is 47.0 Å². The Hall–Kier alpha value is -5.49. The van der Waals surface area contributed by atoms with E-state index in [-0.39, 0.29) is 12.2 Å². The van der Waals surface area contributed by atoms with Crippen molar-refractivity contribution in [2.45, 2.75) is 32.0 Å². The predicted molar refractivity (Wildman–Crippen MR) is 200 cm³/mol. The van der Waals surface area contributed by atoms with Crippen molar-refractivity contribution in [3.8, 4) is 11.5 Å². The summed E-state index contributed by atoms with van der Waals surface area (Å²) in [6.45, 7) is 5.11. The van der Waals surface area contributed by atoms with Crippen LogP contribution in [0.4, 0.5) is 30.2 Å². The van der Waals surface area contributed by atoms with Crippen molar-refractivity contribution in [1.29, 1.82) is 0 Å². The molecule has 278 valence electrons. The minimum atomic E-state index is -4.45. The number of aliphatic carboxylic acids is 1. The Bertz CT molecular complexity index is 2040. The number of methoxy groups -OCH3 is 1. The average molecular weight is 729 g/mol. The van der Waals surface area contributed by atoms with Gasteiger partial charge in [0, 0.05) is 86.7 Å². The first-order valence-corrected chi connectivity index (χ1v) is 17.7. The molecule has 0 atom stereocenters. The largest absolute Gasteiger partial charge is 0.495 e. The number of carboxylic acids is 1. The Morgan fingerprint density at radius 1 is 0.849 bits per heavy atom. The van der Waals surface area contributed by atoms with Crippen molar-refractivity contribution in [2.75, 3.05) is 63.3 Å². The Morgan fingerprint density at radius 3 is 2.28 bits per heavy atom. The van der Waals surface area contributed by atoms with Crippen LogP contribution in [0.25, 0.3) is 10.9 Å². The first-order chi connectivity index (χ1) is 25.5. The summed E-state index contributed by atoms with van der Waals surface area (Å²) in [5.41, 5.74) is 3.18. The molecule has 12 heteroatoms. The number of anilines is 3. The fourth-order valence-electron chi connectivity index (χ4n) is 6.80. The lowest BCUT2D eigenvalue weighted by atomic mass is 10.0. The third-order valence-electron chi connectivity index (χ3n) is 9.66. The lowest BCUT2D eigenvalue weighted by molar-refractivity contribution is -0.138. The Balaban J connectivity index is 1.19. The molecule has 0 amide bonds. The summed E-state index contributed by atoms with van der Waals surface area (Å²) in [5, 5.41) is 9.88. The van der Waals surface area contributed by atoms with E-state index < -0.39 is 17.7 Å². The fourth-order valence-corrected chi connectivity index (χ4v) is 6.80. The van der Waals surface area contributed by atoms with Gasteiger partial charge in [0.05, 0.1) is 30.7 Å². The third-order valence-corrected chi connectivity index (χ3v) is 9.66. The zero-order valence-corrected chi connectivity index (χ0v) is 29.8. The molecule has 1 fully saturated rings. The van der Waals surface area contributed by atoms with Gasteiger partial charge < -0.3 is 28.9 Å². The first kappa shape index (κ1) is 37.3. The molecule has 2 heterocycles. The van der Waals surface area contributed by atoms with Gasteiger partial charge in [-0.1, -0.05) is 30.3 Å². The van der Waals surface area contributed by atoms with Gasteiger partial charge in [-0.3, -0.25) is 14.5 Å². The van der Waals surface area contributed by atoms with E-state index in [2.05, 4.69) is 15.9 Å². The highest BCUT2D eigenvalue weighted by Crippen LogP contribution is 2.37. The van der Waals surface area contributed by atoms with Crippen LogP contribution in [0.5, 0.6) is 11.5 Å². The normalized spacial score (nSPS) is 13.6. The third kappa shape index (κ3) is 8.77. The van der Waals surface area contributed by atoms with Gasteiger partial charge >= 0.3 is 12.1 Å². The number of carbonyl (C=O) groups excluding carboxylic acids is 1. The number of ketones is 1. The number of rotatable bonds is 15. The standard InChI is InChI=1S/C41H43F3N4O5/c1-45(31-17-15-30(16-18-31)41(42,43)44)35-19-14-29(40(51)33-28-48(21-7-13-39(49)50)34-10-4-3-9-32(33)34)27-38(35)53-26-8-20-46-22-24-47(25-23-46)36-11-5-6-12-37(36)52-2/h3-6,9-12,14-19,27-28H,7-8,13,20-26H2,1-2H3,(H,49,50). The summed E-state index contributed by atoms with van der Waals surface area (Å²) in [5.74, 6) is 0.191. The van der Waals surface area contributed by atoms with Crippen molar-refractivity contribution in [1.82, 2.24) is 9.47 Å². The van der Waals surface area contributed by atoms with Crippen LogP contribution in [0.1, 0.15) is 40.7 Å². The quantitative estimate of drug-likeness (QED) is 0.0855. The van der Waals surface area contributed by atoms with Crippen LogP contribution >= 0.6 is 0 Å². The van der Waals surface area contributed by atoms with Crippen molar-refractivity contribution in [3.05, 3.63) is 114 Å². The molecule has 53 heavy (non-hydrogen) atoms. The summed E-state index contributed by atoms with van der Waals surface area (Å²) in [6, 6.07) is 25.6. The molecule has 0 radical (unpaired) electrons. The van der Waals surface area contributed by atoms with E-state index in [1.54, 1.807) is 43.5 Å².